The van der Waals surface area contributed by atoms with Crippen molar-refractivity contribution in [2.45, 2.75) is 24.6 Å². The van der Waals surface area contributed by atoms with Gasteiger partial charge in [-0.3, -0.25) is 10.7 Å². The molecule has 4 N–H and O–H groups in total. The zero-order valence-corrected chi connectivity index (χ0v) is 9.15. The first kappa shape index (κ1) is 12.9. The Morgan fingerprint density at radius 2 is 2.44 bits per heavy atom. The van der Waals surface area contributed by atoms with Gasteiger partial charge in [-0.05, 0) is 6.07 Å². The molecular weight excluding hydrogens is 249 g/mol. The van der Waals surface area contributed by atoms with Crippen LogP contribution in [-0.2, 0) is 10.7 Å². The normalized spacial score (nSPS) is 31.6. The number of nitrogens with zero attached hydrogens (tertiary/aromatic N) is 2. The van der Waals surface area contributed by atoms with Crippen LogP contribution in [0.5, 0.6) is 0 Å². The molecule has 1 saturated heterocycles. The Labute approximate surface area is 100 Å². The summed E-state index contributed by atoms with van der Waals surface area (Å²) in [4.78, 5) is 14.9. The van der Waals surface area contributed by atoms with Crippen LogP contribution >= 0.6 is 0 Å². The van der Waals surface area contributed by atoms with Gasteiger partial charge in [-0.25, -0.2) is 9.36 Å². The summed E-state index contributed by atoms with van der Waals surface area (Å²) in [5.41, 5.74) is 0.652. The van der Waals surface area contributed by atoms with Gasteiger partial charge in [-0.2, -0.15) is 9.37 Å². The van der Waals surface area contributed by atoms with Gasteiger partial charge < -0.3 is 14.9 Å². The maximum atomic E-state index is 14.4. The van der Waals surface area contributed by atoms with Gasteiger partial charge in [0.1, 0.15) is 6.10 Å². The third kappa shape index (κ3) is 2.08. The molecule has 0 amide bonds. The molecule has 1 aromatic rings. The zero-order valence-electron chi connectivity index (χ0n) is 9.15. The number of hydrogen-bond donors (Lipinski definition) is 4. The molecular formula is C9H12FN3O5. The van der Waals surface area contributed by atoms with Crippen LogP contribution in [0.2, 0.25) is 0 Å². The molecule has 1 fully saturated rings. The van der Waals surface area contributed by atoms with Crippen molar-refractivity contribution < 1.29 is 24.5 Å². The molecule has 2 heterocycles. The monoisotopic (exact) mass is 261 g/mol. The molecule has 18 heavy (non-hydrogen) atoms. The minimum Gasteiger partial charge on any atom is -0.394 e. The van der Waals surface area contributed by atoms with E-state index in [0.717, 1.165) is 12.3 Å². The first-order valence-corrected chi connectivity index (χ1v) is 5.16. The molecule has 3 atom stereocenters. The summed E-state index contributed by atoms with van der Waals surface area (Å²) < 4.78 is 19.7. The molecule has 0 aliphatic carbocycles. The van der Waals surface area contributed by atoms with Crippen LogP contribution in [0.25, 0.3) is 0 Å². The fraction of sp³-hybridized carbons (Fsp3) is 0.556. The number of halogens is 1. The Morgan fingerprint density at radius 1 is 1.72 bits per heavy atom. The average molecular weight is 261 g/mol. The van der Waals surface area contributed by atoms with Crippen molar-refractivity contribution in [1.82, 2.24) is 9.55 Å². The fourth-order valence-electron chi connectivity index (χ4n) is 1.78. The van der Waals surface area contributed by atoms with Crippen molar-refractivity contribution in [3.05, 3.63) is 22.7 Å². The lowest BCUT2D eigenvalue weighted by Gasteiger charge is -2.21. The summed E-state index contributed by atoms with van der Waals surface area (Å²) in [6, 6.07) is 1.16. The molecule has 0 aromatic carbocycles. The minimum atomic E-state index is -2.56. The van der Waals surface area contributed by atoms with Gasteiger partial charge >= 0.3 is 5.69 Å². The molecule has 1 aromatic heterocycles. The van der Waals surface area contributed by atoms with Gasteiger partial charge in [-0.15, -0.1) is 0 Å². The van der Waals surface area contributed by atoms with Crippen LogP contribution in [0.1, 0.15) is 6.42 Å². The van der Waals surface area contributed by atoms with Crippen molar-refractivity contribution in [1.29, 1.82) is 0 Å². The van der Waals surface area contributed by atoms with Crippen LogP contribution in [-0.4, -0.2) is 43.8 Å². The van der Waals surface area contributed by atoms with Crippen LogP contribution in [0.4, 0.5) is 10.2 Å². The molecule has 0 saturated carbocycles. The summed E-state index contributed by atoms with van der Waals surface area (Å²) in [5, 5.41) is 26.9. The number of rotatable bonds is 3. The quantitative estimate of drug-likeness (QED) is 0.503. The van der Waals surface area contributed by atoms with E-state index in [2.05, 4.69) is 4.98 Å². The van der Waals surface area contributed by atoms with Crippen LogP contribution < -0.4 is 11.2 Å². The first-order chi connectivity index (χ1) is 8.50. The number of aromatic nitrogens is 2. The Morgan fingerprint density at radius 3 is 2.94 bits per heavy atom. The van der Waals surface area contributed by atoms with Gasteiger partial charge in [0.25, 0.3) is 5.98 Å². The van der Waals surface area contributed by atoms with Crippen LogP contribution in [0.3, 0.4) is 0 Å². The summed E-state index contributed by atoms with van der Waals surface area (Å²) >= 11 is 0. The number of ether oxygens (including phenoxy) is 1. The Kier molecular flexibility index (Phi) is 3.30. The number of aliphatic hydroxyl groups is 2. The van der Waals surface area contributed by atoms with Gasteiger partial charge in [0.2, 0.25) is 0 Å². The molecule has 100 valence electrons. The number of alkyl halides is 1. The number of aliphatic hydroxyl groups excluding tert-OH is 2. The summed E-state index contributed by atoms with van der Waals surface area (Å²) in [5.74, 6) is -2.71. The van der Waals surface area contributed by atoms with Crippen LogP contribution in [0, 0.1) is 0 Å². The standard InChI is InChI=1S/C9H12FN3O5/c10-9(3-5(15)6(4-14)18-9)13-2-1-7(12-17)11-8(13)16/h1-2,5-6,14-15,17H,3-4H2,(H,11,12,16)/t5-,6+,9-/m0/s1. The summed E-state index contributed by atoms with van der Waals surface area (Å²) in [6.45, 7) is -0.564. The van der Waals surface area contributed by atoms with E-state index in [1.54, 1.807) is 5.48 Å². The van der Waals surface area contributed by atoms with E-state index in [4.69, 9.17) is 15.1 Å². The topological polar surface area (TPSA) is 117 Å². The number of hydrogen-bond acceptors (Lipinski definition) is 7. The highest BCUT2D eigenvalue weighted by Gasteiger charge is 2.48. The number of anilines is 1. The maximum Gasteiger partial charge on any atom is 0.354 e. The minimum absolute atomic E-state index is 0.142. The lowest BCUT2D eigenvalue weighted by molar-refractivity contribution is -0.205. The van der Waals surface area contributed by atoms with Gasteiger partial charge in [0.15, 0.2) is 5.82 Å². The molecule has 0 bridgehead atoms. The van der Waals surface area contributed by atoms with E-state index in [9.17, 15) is 14.3 Å². The smallest absolute Gasteiger partial charge is 0.354 e. The van der Waals surface area contributed by atoms with Gasteiger partial charge in [0, 0.05) is 6.20 Å². The molecule has 9 heteroatoms. The SMILES string of the molecule is O=c1nc(NO)ccn1[C@@]1(F)C[C@H](O)[C@@H](CO)O1. The largest absolute Gasteiger partial charge is 0.394 e. The second-order valence-corrected chi connectivity index (χ2v) is 3.88. The molecule has 0 spiro atoms. The molecule has 8 nitrogen and oxygen atoms in total. The second kappa shape index (κ2) is 4.61. The average Bonchev–Trinajstić information content (AvgIpc) is 2.64. The Hall–Kier alpha value is -1.55. The van der Waals surface area contributed by atoms with E-state index in [0.29, 0.717) is 4.57 Å². The van der Waals surface area contributed by atoms with Crippen molar-refractivity contribution in [3.63, 3.8) is 0 Å². The Bertz CT molecular complexity index is 495. The fourth-order valence-corrected chi connectivity index (χ4v) is 1.78. The summed E-state index contributed by atoms with van der Waals surface area (Å²) in [6.07, 6.45) is -1.79. The zero-order chi connectivity index (χ0) is 13.3. The molecule has 0 radical (unpaired) electrons. The summed E-state index contributed by atoms with van der Waals surface area (Å²) in [7, 11) is 0. The highest BCUT2D eigenvalue weighted by Crippen LogP contribution is 2.35. The molecule has 1 aliphatic heterocycles. The third-order valence-electron chi connectivity index (χ3n) is 2.68. The van der Waals surface area contributed by atoms with Gasteiger partial charge in [-0.1, -0.05) is 0 Å². The van der Waals surface area contributed by atoms with Crippen molar-refractivity contribution in [3.8, 4) is 0 Å². The highest BCUT2D eigenvalue weighted by molar-refractivity contribution is 5.28. The third-order valence-corrected chi connectivity index (χ3v) is 2.68. The van der Waals surface area contributed by atoms with E-state index in [1.807, 2.05) is 0 Å². The van der Waals surface area contributed by atoms with E-state index >= 15 is 0 Å². The highest BCUT2D eigenvalue weighted by atomic mass is 19.2. The maximum absolute atomic E-state index is 14.4. The predicted octanol–water partition coefficient (Wildman–Crippen LogP) is -1.23. The second-order valence-electron chi connectivity index (χ2n) is 3.88. The van der Waals surface area contributed by atoms with Gasteiger partial charge in [0.05, 0.1) is 19.1 Å². The molecule has 2 rings (SSSR count). The van der Waals surface area contributed by atoms with E-state index in [1.165, 1.54) is 0 Å². The van der Waals surface area contributed by atoms with Crippen molar-refractivity contribution in [2.75, 3.05) is 12.1 Å². The Balaban J connectivity index is 2.34. The van der Waals surface area contributed by atoms with E-state index in [-0.39, 0.29) is 5.82 Å². The molecule has 0 unspecified atom stereocenters. The predicted molar refractivity (Wildman–Crippen MR) is 55.6 cm³/mol. The lowest BCUT2D eigenvalue weighted by Crippen LogP contribution is -2.39. The molecule has 1 aliphatic rings. The van der Waals surface area contributed by atoms with Crippen molar-refractivity contribution in [2.24, 2.45) is 0 Å². The van der Waals surface area contributed by atoms with Crippen molar-refractivity contribution >= 4 is 5.82 Å². The van der Waals surface area contributed by atoms with Crippen LogP contribution in [0.15, 0.2) is 17.1 Å². The first-order valence-electron chi connectivity index (χ1n) is 5.16. The number of nitrogens with one attached hydrogen (secondary N) is 1. The lowest BCUT2D eigenvalue weighted by atomic mass is 10.2. The van der Waals surface area contributed by atoms with E-state index < -0.39 is 36.9 Å².